The maximum atomic E-state index is 13.5. The SMILES string of the molecule is C=C(C)C(NN)c1cc(C(F)(F)F)ccc1F. The van der Waals surface area contributed by atoms with Gasteiger partial charge in [-0.15, -0.1) is 0 Å². The fourth-order valence-electron chi connectivity index (χ4n) is 1.44. The van der Waals surface area contributed by atoms with Crippen LogP contribution in [0.5, 0.6) is 0 Å². The first-order chi connectivity index (χ1) is 7.77. The Bertz CT molecular complexity index is 426. The summed E-state index contributed by atoms with van der Waals surface area (Å²) >= 11 is 0. The molecule has 1 aromatic rings. The van der Waals surface area contributed by atoms with E-state index in [9.17, 15) is 17.6 Å². The molecule has 0 aliphatic heterocycles. The van der Waals surface area contributed by atoms with Gasteiger partial charge in [-0.25, -0.2) is 9.82 Å². The summed E-state index contributed by atoms with van der Waals surface area (Å²) in [6.45, 7) is 5.09. The monoisotopic (exact) mass is 248 g/mol. The lowest BCUT2D eigenvalue weighted by Gasteiger charge is -2.18. The van der Waals surface area contributed by atoms with Crippen molar-refractivity contribution in [1.29, 1.82) is 0 Å². The number of hydrogen-bond donors (Lipinski definition) is 2. The molecule has 0 spiro atoms. The van der Waals surface area contributed by atoms with Crippen molar-refractivity contribution in [3.8, 4) is 0 Å². The van der Waals surface area contributed by atoms with Crippen LogP contribution in [0.2, 0.25) is 0 Å². The zero-order valence-electron chi connectivity index (χ0n) is 9.11. The van der Waals surface area contributed by atoms with Crippen LogP contribution in [-0.4, -0.2) is 0 Å². The molecular formula is C11H12F4N2. The molecule has 0 fully saturated rings. The third kappa shape index (κ3) is 3.04. The standard InChI is InChI=1S/C11H12F4N2/c1-6(2)10(17-16)8-5-7(11(13,14)15)3-4-9(8)12/h3-5,10,17H,1,16H2,2H3. The number of nitrogens with one attached hydrogen (secondary N) is 1. The summed E-state index contributed by atoms with van der Waals surface area (Å²) in [7, 11) is 0. The van der Waals surface area contributed by atoms with Gasteiger partial charge < -0.3 is 0 Å². The summed E-state index contributed by atoms with van der Waals surface area (Å²) in [5.41, 5.74) is 1.56. The Hall–Kier alpha value is -1.40. The smallest absolute Gasteiger partial charge is 0.271 e. The summed E-state index contributed by atoms with van der Waals surface area (Å²) in [5.74, 6) is 4.41. The molecule has 0 aliphatic carbocycles. The van der Waals surface area contributed by atoms with E-state index >= 15 is 0 Å². The van der Waals surface area contributed by atoms with Gasteiger partial charge >= 0.3 is 6.18 Å². The average molecular weight is 248 g/mol. The first-order valence-corrected chi connectivity index (χ1v) is 4.75. The van der Waals surface area contributed by atoms with Crippen molar-refractivity contribution in [3.63, 3.8) is 0 Å². The molecule has 1 rings (SSSR count). The maximum absolute atomic E-state index is 13.5. The molecule has 0 heterocycles. The van der Waals surface area contributed by atoms with E-state index in [0.717, 1.165) is 12.1 Å². The van der Waals surface area contributed by atoms with E-state index in [0.29, 0.717) is 11.6 Å². The summed E-state index contributed by atoms with van der Waals surface area (Å²) in [4.78, 5) is 0. The molecular weight excluding hydrogens is 236 g/mol. The highest BCUT2D eigenvalue weighted by atomic mass is 19.4. The summed E-state index contributed by atoms with van der Waals surface area (Å²) in [5, 5.41) is 0. The van der Waals surface area contributed by atoms with Crippen LogP contribution in [0.15, 0.2) is 30.4 Å². The second-order valence-corrected chi connectivity index (χ2v) is 3.68. The molecule has 0 saturated heterocycles. The Morgan fingerprint density at radius 3 is 2.41 bits per heavy atom. The topological polar surface area (TPSA) is 38.0 Å². The molecule has 6 heteroatoms. The fraction of sp³-hybridized carbons (Fsp3) is 0.273. The van der Waals surface area contributed by atoms with Gasteiger partial charge in [0.1, 0.15) is 5.82 Å². The summed E-state index contributed by atoms with van der Waals surface area (Å²) < 4.78 is 50.9. The first-order valence-electron chi connectivity index (χ1n) is 4.75. The molecule has 94 valence electrons. The predicted molar refractivity (Wildman–Crippen MR) is 56.3 cm³/mol. The lowest BCUT2D eigenvalue weighted by molar-refractivity contribution is -0.137. The number of nitrogens with two attached hydrogens (primary N) is 1. The number of halogens is 4. The molecule has 0 saturated carbocycles. The van der Waals surface area contributed by atoms with Crippen LogP contribution in [0, 0.1) is 5.82 Å². The normalized spacial score (nSPS) is 13.5. The number of rotatable bonds is 3. The van der Waals surface area contributed by atoms with Crippen molar-refractivity contribution in [3.05, 3.63) is 47.3 Å². The van der Waals surface area contributed by atoms with E-state index in [1.54, 1.807) is 6.92 Å². The zero-order chi connectivity index (χ0) is 13.2. The number of hydrogen-bond acceptors (Lipinski definition) is 2. The van der Waals surface area contributed by atoms with E-state index in [1.165, 1.54) is 0 Å². The van der Waals surface area contributed by atoms with E-state index in [1.807, 2.05) is 0 Å². The Kier molecular flexibility index (Phi) is 3.90. The van der Waals surface area contributed by atoms with Crippen LogP contribution in [-0.2, 0) is 6.18 Å². The maximum Gasteiger partial charge on any atom is 0.416 e. The van der Waals surface area contributed by atoms with E-state index in [2.05, 4.69) is 12.0 Å². The highest BCUT2D eigenvalue weighted by molar-refractivity contribution is 5.33. The first kappa shape index (κ1) is 13.7. The highest BCUT2D eigenvalue weighted by Crippen LogP contribution is 2.32. The van der Waals surface area contributed by atoms with Crippen molar-refractivity contribution in [2.45, 2.75) is 19.1 Å². The fourth-order valence-corrected chi connectivity index (χ4v) is 1.44. The van der Waals surface area contributed by atoms with Gasteiger partial charge in [0.15, 0.2) is 0 Å². The minimum atomic E-state index is -4.52. The van der Waals surface area contributed by atoms with Crippen molar-refractivity contribution >= 4 is 0 Å². The van der Waals surface area contributed by atoms with Crippen molar-refractivity contribution in [2.75, 3.05) is 0 Å². The van der Waals surface area contributed by atoms with Crippen molar-refractivity contribution in [2.24, 2.45) is 5.84 Å². The zero-order valence-corrected chi connectivity index (χ0v) is 9.11. The summed E-state index contributed by atoms with van der Waals surface area (Å²) in [6, 6.07) is 1.34. The largest absolute Gasteiger partial charge is 0.416 e. The van der Waals surface area contributed by atoms with Crippen LogP contribution in [0.1, 0.15) is 24.1 Å². The molecule has 2 nitrogen and oxygen atoms in total. The van der Waals surface area contributed by atoms with E-state index in [4.69, 9.17) is 5.84 Å². The van der Waals surface area contributed by atoms with Gasteiger partial charge in [-0.2, -0.15) is 13.2 Å². The number of alkyl halides is 3. The van der Waals surface area contributed by atoms with Crippen molar-refractivity contribution in [1.82, 2.24) is 5.43 Å². The quantitative estimate of drug-likeness (QED) is 0.373. The van der Waals surface area contributed by atoms with Gasteiger partial charge in [0.25, 0.3) is 0 Å². The lowest BCUT2D eigenvalue weighted by Crippen LogP contribution is -2.29. The third-order valence-electron chi connectivity index (χ3n) is 2.29. The molecule has 0 radical (unpaired) electrons. The van der Waals surface area contributed by atoms with Gasteiger partial charge in [0.05, 0.1) is 11.6 Å². The average Bonchev–Trinajstić information content (AvgIpc) is 2.19. The third-order valence-corrected chi connectivity index (χ3v) is 2.29. The molecule has 0 aromatic heterocycles. The molecule has 1 aromatic carbocycles. The Balaban J connectivity index is 3.28. The van der Waals surface area contributed by atoms with Crippen LogP contribution in [0.3, 0.4) is 0 Å². The second-order valence-electron chi connectivity index (χ2n) is 3.68. The summed E-state index contributed by atoms with van der Waals surface area (Å²) in [6.07, 6.45) is -4.52. The van der Waals surface area contributed by atoms with Crippen LogP contribution in [0.4, 0.5) is 17.6 Å². The Morgan fingerprint density at radius 2 is 2.00 bits per heavy atom. The Morgan fingerprint density at radius 1 is 1.41 bits per heavy atom. The van der Waals surface area contributed by atoms with E-state index in [-0.39, 0.29) is 5.56 Å². The lowest BCUT2D eigenvalue weighted by atomic mass is 9.99. The molecule has 0 aliphatic rings. The van der Waals surface area contributed by atoms with Gasteiger partial charge in [-0.05, 0) is 25.1 Å². The van der Waals surface area contributed by atoms with Gasteiger partial charge in [0, 0.05) is 5.56 Å². The molecule has 3 N–H and O–H groups in total. The van der Waals surface area contributed by atoms with Gasteiger partial charge in [0.2, 0.25) is 0 Å². The Labute approximate surface area is 96.1 Å². The van der Waals surface area contributed by atoms with Crippen LogP contribution < -0.4 is 11.3 Å². The number of benzene rings is 1. The van der Waals surface area contributed by atoms with Gasteiger partial charge in [-0.1, -0.05) is 12.2 Å². The molecule has 1 unspecified atom stereocenters. The minimum absolute atomic E-state index is 0.171. The highest BCUT2D eigenvalue weighted by Gasteiger charge is 2.32. The van der Waals surface area contributed by atoms with Crippen LogP contribution in [0.25, 0.3) is 0 Å². The number of hydrazine groups is 1. The second kappa shape index (κ2) is 4.85. The molecule has 1 atom stereocenters. The van der Waals surface area contributed by atoms with Crippen molar-refractivity contribution < 1.29 is 17.6 Å². The molecule has 0 bridgehead atoms. The van der Waals surface area contributed by atoms with Gasteiger partial charge in [-0.3, -0.25) is 5.84 Å². The van der Waals surface area contributed by atoms with Crippen LogP contribution >= 0.6 is 0 Å². The minimum Gasteiger partial charge on any atom is -0.271 e. The molecule has 0 amide bonds. The predicted octanol–water partition coefficient (Wildman–Crippen LogP) is 2.93. The van der Waals surface area contributed by atoms with E-state index < -0.39 is 23.6 Å². The molecule has 17 heavy (non-hydrogen) atoms.